The molecule has 1 aromatic heterocycles. The number of nitrogens with one attached hydrogen (secondary N) is 1. The van der Waals surface area contributed by atoms with E-state index in [1.807, 2.05) is 18.5 Å². The van der Waals surface area contributed by atoms with Gasteiger partial charge >= 0.3 is 0 Å². The second kappa shape index (κ2) is 5.37. The van der Waals surface area contributed by atoms with E-state index in [1.54, 1.807) is 0 Å². The Kier molecular flexibility index (Phi) is 3.87. The van der Waals surface area contributed by atoms with Crippen LogP contribution >= 0.6 is 11.6 Å². The number of hydrogen-bond acceptors (Lipinski definition) is 2. The minimum Gasteiger partial charge on any atom is -0.353 e. The first-order valence-electron chi connectivity index (χ1n) is 8.38. The fourth-order valence-electron chi connectivity index (χ4n) is 4.48. The molecule has 0 spiro atoms. The quantitative estimate of drug-likeness (QED) is 0.854. The summed E-state index contributed by atoms with van der Waals surface area (Å²) in [5.41, 5.74) is 2.63. The van der Waals surface area contributed by atoms with E-state index < -0.39 is 0 Å². The molecule has 5 heteroatoms. The number of aryl methyl sites for hydroxylation is 1. The number of hydrogen-bond donors (Lipinski definition) is 1. The summed E-state index contributed by atoms with van der Waals surface area (Å²) in [7, 11) is 0. The molecule has 23 heavy (non-hydrogen) atoms. The average Bonchev–Trinajstić information content (AvgIpc) is 3.11. The van der Waals surface area contributed by atoms with Crippen LogP contribution in [0.25, 0.3) is 0 Å². The van der Waals surface area contributed by atoms with Crippen LogP contribution in [0.3, 0.4) is 0 Å². The van der Waals surface area contributed by atoms with E-state index in [1.165, 1.54) is 0 Å². The number of halogens is 1. The first kappa shape index (κ1) is 16.6. The molecule has 126 valence electrons. The number of aromatic nitrogens is 2. The van der Waals surface area contributed by atoms with Crippen molar-refractivity contribution in [1.29, 1.82) is 0 Å². The molecular formula is C18H26ClN3O. The van der Waals surface area contributed by atoms with Crippen molar-refractivity contribution >= 4 is 17.5 Å². The largest absolute Gasteiger partial charge is 0.353 e. The van der Waals surface area contributed by atoms with E-state index in [2.05, 4.69) is 30.8 Å². The van der Waals surface area contributed by atoms with Crippen LogP contribution in [-0.4, -0.2) is 22.2 Å². The molecule has 0 saturated heterocycles. The summed E-state index contributed by atoms with van der Waals surface area (Å²) in [5.74, 6) is 0.735. The summed E-state index contributed by atoms with van der Waals surface area (Å²) in [6.07, 6.45) is 3.03. The Labute approximate surface area is 143 Å². The van der Waals surface area contributed by atoms with Gasteiger partial charge in [-0.1, -0.05) is 37.6 Å². The van der Waals surface area contributed by atoms with Gasteiger partial charge in [0.05, 0.1) is 28.4 Å². The molecule has 2 aliphatic rings. The highest BCUT2D eigenvalue weighted by atomic mass is 35.5. The van der Waals surface area contributed by atoms with Crippen LogP contribution < -0.4 is 5.32 Å². The van der Waals surface area contributed by atoms with Crippen molar-refractivity contribution in [1.82, 2.24) is 15.1 Å². The zero-order valence-corrected chi connectivity index (χ0v) is 15.3. The maximum atomic E-state index is 12.8. The van der Waals surface area contributed by atoms with Gasteiger partial charge in [0.2, 0.25) is 5.91 Å². The predicted octanol–water partition coefficient (Wildman–Crippen LogP) is 3.65. The molecule has 2 saturated carbocycles. The molecule has 2 fully saturated rings. The average molecular weight is 336 g/mol. The lowest BCUT2D eigenvalue weighted by molar-refractivity contribution is -0.128. The third kappa shape index (κ3) is 2.34. The standard InChI is InChI=1S/C18H26ClN3O/c1-11-15(19)12(2)22(21-11)9-8-20-16(23)18-7-6-14(10-18)17(4,5)13(18)3/h14H,3,6-10H2,1-2,4-5H3,(H,20,23)/t14-,18-/m1/s1. The van der Waals surface area contributed by atoms with Crippen molar-refractivity contribution in [2.45, 2.75) is 53.5 Å². The Balaban J connectivity index is 1.64. The number of amides is 1. The van der Waals surface area contributed by atoms with E-state index >= 15 is 0 Å². The Hall–Kier alpha value is -1.29. The summed E-state index contributed by atoms with van der Waals surface area (Å²) in [6.45, 7) is 13.8. The van der Waals surface area contributed by atoms with Crippen LogP contribution in [0.2, 0.25) is 5.02 Å². The molecule has 1 amide bonds. The highest BCUT2D eigenvalue weighted by molar-refractivity contribution is 6.31. The monoisotopic (exact) mass is 335 g/mol. The molecule has 3 rings (SSSR count). The van der Waals surface area contributed by atoms with E-state index in [-0.39, 0.29) is 16.7 Å². The molecule has 4 nitrogen and oxygen atoms in total. The van der Waals surface area contributed by atoms with Gasteiger partial charge in [-0.05, 0) is 44.4 Å². The van der Waals surface area contributed by atoms with Gasteiger partial charge in [0.1, 0.15) is 0 Å². The lowest BCUT2D eigenvalue weighted by Gasteiger charge is -2.37. The molecule has 2 atom stereocenters. The van der Waals surface area contributed by atoms with Gasteiger partial charge in [-0.25, -0.2) is 0 Å². The van der Waals surface area contributed by atoms with Crippen LogP contribution in [0.4, 0.5) is 0 Å². The van der Waals surface area contributed by atoms with Gasteiger partial charge < -0.3 is 5.32 Å². The molecule has 0 aromatic carbocycles. The molecule has 1 aromatic rings. The highest BCUT2D eigenvalue weighted by Gasteiger charge is 2.60. The maximum Gasteiger partial charge on any atom is 0.230 e. The van der Waals surface area contributed by atoms with E-state index in [4.69, 9.17) is 11.6 Å². The summed E-state index contributed by atoms with van der Waals surface area (Å²) < 4.78 is 1.86. The molecule has 0 unspecified atom stereocenters. The van der Waals surface area contributed by atoms with Crippen molar-refractivity contribution in [3.05, 3.63) is 28.6 Å². The first-order chi connectivity index (χ1) is 10.7. The Bertz CT molecular complexity index is 676. The smallest absolute Gasteiger partial charge is 0.230 e. The van der Waals surface area contributed by atoms with Crippen molar-refractivity contribution in [2.24, 2.45) is 16.7 Å². The third-order valence-electron chi connectivity index (χ3n) is 6.23. The number of rotatable bonds is 4. The van der Waals surface area contributed by atoms with Crippen molar-refractivity contribution < 1.29 is 4.79 Å². The number of nitrogens with zero attached hydrogens (tertiary/aromatic N) is 2. The third-order valence-corrected chi connectivity index (χ3v) is 6.77. The predicted molar refractivity (Wildman–Crippen MR) is 92.4 cm³/mol. The van der Waals surface area contributed by atoms with Gasteiger partial charge in [0, 0.05) is 6.54 Å². The van der Waals surface area contributed by atoms with Crippen LogP contribution in [0, 0.1) is 30.6 Å². The minimum absolute atomic E-state index is 0.0821. The molecular weight excluding hydrogens is 310 g/mol. The fourth-order valence-corrected chi connectivity index (χ4v) is 4.61. The van der Waals surface area contributed by atoms with Gasteiger partial charge in [0.25, 0.3) is 0 Å². The zero-order chi connectivity index (χ0) is 17.0. The van der Waals surface area contributed by atoms with Crippen LogP contribution in [0.5, 0.6) is 0 Å². The topological polar surface area (TPSA) is 46.9 Å². The summed E-state index contributed by atoms with van der Waals surface area (Å²) in [5, 5.41) is 8.22. The highest BCUT2D eigenvalue weighted by Crippen LogP contribution is 2.65. The van der Waals surface area contributed by atoms with Crippen LogP contribution in [0.15, 0.2) is 12.2 Å². The van der Waals surface area contributed by atoms with Crippen molar-refractivity contribution in [2.75, 3.05) is 6.54 Å². The van der Waals surface area contributed by atoms with Crippen molar-refractivity contribution in [3.63, 3.8) is 0 Å². The fraction of sp³-hybridized carbons (Fsp3) is 0.667. The second-order valence-electron chi connectivity index (χ2n) is 7.69. The van der Waals surface area contributed by atoms with Gasteiger partial charge in [-0.2, -0.15) is 5.10 Å². The Morgan fingerprint density at radius 1 is 1.48 bits per heavy atom. The molecule has 2 aliphatic carbocycles. The summed E-state index contributed by atoms with van der Waals surface area (Å²) >= 11 is 6.16. The second-order valence-corrected chi connectivity index (χ2v) is 8.06. The molecule has 1 heterocycles. The Morgan fingerprint density at radius 3 is 2.70 bits per heavy atom. The van der Waals surface area contributed by atoms with Gasteiger partial charge in [0.15, 0.2) is 0 Å². The minimum atomic E-state index is -0.346. The van der Waals surface area contributed by atoms with Crippen LogP contribution in [-0.2, 0) is 11.3 Å². The van der Waals surface area contributed by atoms with Gasteiger partial charge in [-0.15, -0.1) is 0 Å². The SMILES string of the molecule is C=C1C(C)(C)[C@@H]2CC[C@@]1(C(=O)NCCn1nc(C)c(Cl)c1C)C2. The summed E-state index contributed by atoms with van der Waals surface area (Å²) in [6, 6.07) is 0. The number of carbonyl (C=O) groups is 1. The molecule has 0 radical (unpaired) electrons. The maximum absolute atomic E-state index is 12.8. The lowest BCUT2D eigenvalue weighted by Crippen LogP contribution is -2.42. The van der Waals surface area contributed by atoms with E-state index in [0.29, 0.717) is 24.0 Å². The zero-order valence-electron chi connectivity index (χ0n) is 14.5. The lowest BCUT2D eigenvalue weighted by atomic mass is 9.68. The van der Waals surface area contributed by atoms with Crippen molar-refractivity contribution in [3.8, 4) is 0 Å². The molecule has 2 bridgehead atoms. The van der Waals surface area contributed by atoms with Gasteiger partial charge in [-0.3, -0.25) is 9.48 Å². The van der Waals surface area contributed by atoms with E-state index in [0.717, 1.165) is 36.2 Å². The summed E-state index contributed by atoms with van der Waals surface area (Å²) in [4.78, 5) is 12.8. The number of fused-ring (bicyclic) bond motifs is 2. The molecule has 0 aliphatic heterocycles. The van der Waals surface area contributed by atoms with Crippen LogP contribution in [0.1, 0.15) is 44.5 Å². The first-order valence-corrected chi connectivity index (χ1v) is 8.75. The molecule has 1 N–H and O–H groups in total. The Morgan fingerprint density at radius 2 is 2.17 bits per heavy atom. The number of carbonyl (C=O) groups excluding carboxylic acids is 1. The van der Waals surface area contributed by atoms with E-state index in [9.17, 15) is 4.79 Å². The normalized spacial score (nSPS) is 28.4.